The van der Waals surface area contributed by atoms with Gasteiger partial charge in [-0.25, -0.2) is 9.67 Å². The molecule has 0 N–H and O–H groups in total. The minimum absolute atomic E-state index is 0.139. The van der Waals surface area contributed by atoms with Crippen molar-refractivity contribution >= 4 is 5.97 Å². The molecule has 112 valence electrons. The maximum absolute atomic E-state index is 11.9. The molecule has 20 heavy (non-hydrogen) atoms. The van der Waals surface area contributed by atoms with Crippen LogP contribution in [0.15, 0.2) is 6.33 Å². The Kier molecular flexibility index (Phi) is 5.11. The molecule has 1 saturated heterocycles. The highest BCUT2D eigenvalue weighted by atomic mass is 16.5. The van der Waals surface area contributed by atoms with Crippen molar-refractivity contribution in [2.45, 2.75) is 52.2 Å². The van der Waals surface area contributed by atoms with Gasteiger partial charge in [-0.1, -0.05) is 20.3 Å². The number of aromatic nitrogens is 3. The second-order valence-electron chi connectivity index (χ2n) is 5.76. The van der Waals surface area contributed by atoms with Gasteiger partial charge in [0.1, 0.15) is 18.2 Å². The molecule has 6 heteroatoms. The zero-order valence-electron chi connectivity index (χ0n) is 12.6. The van der Waals surface area contributed by atoms with Crippen LogP contribution in [-0.2, 0) is 22.6 Å². The van der Waals surface area contributed by atoms with Crippen LogP contribution in [0, 0.1) is 5.92 Å². The van der Waals surface area contributed by atoms with Crippen LogP contribution in [0.3, 0.4) is 0 Å². The summed E-state index contributed by atoms with van der Waals surface area (Å²) in [5.74, 6) is 1.31. The Bertz CT molecular complexity index is 444. The van der Waals surface area contributed by atoms with Gasteiger partial charge in [0.2, 0.25) is 0 Å². The summed E-state index contributed by atoms with van der Waals surface area (Å²) in [6, 6.07) is -0.141. The van der Waals surface area contributed by atoms with Crippen LogP contribution in [0.2, 0.25) is 0 Å². The molecule has 1 fully saturated rings. The topological polar surface area (TPSA) is 60.2 Å². The van der Waals surface area contributed by atoms with E-state index < -0.39 is 0 Å². The fraction of sp³-hybridized carbons (Fsp3) is 0.786. The van der Waals surface area contributed by atoms with E-state index in [-0.39, 0.29) is 12.0 Å². The van der Waals surface area contributed by atoms with Crippen LogP contribution in [0.4, 0.5) is 0 Å². The largest absolute Gasteiger partial charge is 0.468 e. The summed E-state index contributed by atoms with van der Waals surface area (Å²) in [7, 11) is 1.45. The average Bonchev–Trinajstić information content (AvgIpc) is 2.85. The third kappa shape index (κ3) is 3.56. The summed E-state index contributed by atoms with van der Waals surface area (Å²) in [4.78, 5) is 18.4. The fourth-order valence-corrected chi connectivity index (χ4v) is 2.67. The molecule has 1 aromatic heterocycles. The van der Waals surface area contributed by atoms with E-state index in [1.54, 1.807) is 6.33 Å². The molecule has 1 aliphatic heterocycles. The third-order valence-electron chi connectivity index (χ3n) is 3.67. The highest BCUT2D eigenvalue weighted by Gasteiger charge is 2.30. The molecule has 0 unspecified atom stereocenters. The summed E-state index contributed by atoms with van der Waals surface area (Å²) in [6.07, 6.45) is 4.65. The molecule has 0 amide bonds. The Morgan fingerprint density at radius 3 is 3.00 bits per heavy atom. The molecule has 6 nitrogen and oxygen atoms in total. The molecule has 2 heterocycles. The first kappa shape index (κ1) is 15.0. The van der Waals surface area contributed by atoms with Crippen molar-refractivity contribution in [1.29, 1.82) is 0 Å². The summed E-state index contributed by atoms with van der Waals surface area (Å²) in [6.45, 7) is 6.74. The number of piperidine rings is 1. The molecule has 2 rings (SSSR count). The standard InChI is InChI=1S/C14H24N4O2/c1-11(2)8-18-13(15-10-16-18)9-17-7-5-4-6-12(17)14(19)20-3/h10-12H,4-9H2,1-3H3/t12-/m1/s1. The number of carbonyl (C=O) groups is 1. The predicted molar refractivity (Wildman–Crippen MR) is 74.9 cm³/mol. The van der Waals surface area contributed by atoms with Crippen molar-refractivity contribution in [3.8, 4) is 0 Å². The number of likely N-dealkylation sites (tertiary alicyclic amines) is 1. The summed E-state index contributed by atoms with van der Waals surface area (Å²) < 4.78 is 6.85. The van der Waals surface area contributed by atoms with Gasteiger partial charge >= 0.3 is 5.97 Å². The van der Waals surface area contributed by atoms with E-state index in [1.807, 2.05) is 4.68 Å². The van der Waals surface area contributed by atoms with Gasteiger partial charge in [-0.05, 0) is 25.3 Å². The van der Waals surface area contributed by atoms with Gasteiger partial charge in [0.25, 0.3) is 0 Å². The number of carbonyl (C=O) groups excluding carboxylic acids is 1. The Morgan fingerprint density at radius 1 is 1.50 bits per heavy atom. The summed E-state index contributed by atoms with van der Waals surface area (Å²) in [5, 5.41) is 4.27. The third-order valence-corrected chi connectivity index (χ3v) is 3.67. The van der Waals surface area contributed by atoms with Gasteiger partial charge in [0.15, 0.2) is 0 Å². The molecule has 0 bridgehead atoms. The molecule has 1 aliphatic rings. The van der Waals surface area contributed by atoms with Crippen molar-refractivity contribution in [3.05, 3.63) is 12.2 Å². The highest BCUT2D eigenvalue weighted by Crippen LogP contribution is 2.20. The SMILES string of the molecule is COC(=O)[C@H]1CCCCN1Cc1ncnn1CC(C)C. The summed E-state index contributed by atoms with van der Waals surface area (Å²) in [5.41, 5.74) is 0. The average molecular weight is 280 g/mol. The van der Waals surface area contributed by atoms with Crippen molar-refractivity contribution in [3.63, 3.8) is 0 Å². The monoisotopic (exact) mass is 280 g/mol. The molecule has 0 spiro atoms. The van der Waals surface area contributed by atoms with E-state index in [0.717, 1.165) is 38.2 Å². The molecule has 0 saturated carbocycles. The molecule has 1 atom stereocenters. The number of hydrogen-bond donors (Lipinski definition) is 0. The molecule has 0 aliphatic carbocycles. The van der Waals surface area contributed by atoms with Crippen LogP contribution >= 0.6 is 0 Å². The van der Waals surface area contributed by atoms with Gasteiger partial charge < -0.3 is 4.74 Å². The smallest absolute Gasteiger partial charge is 0.323 e. The van der Waals surface area contributed by atoms with E-state index in [1.165, 1.54) is 7.11 Å². The number of rotatable bonds is 5. The highest BCUT2D eigenvalue weighted by molar-refractivity contribution is 5.75. The first-order chi connectivity index (χ1) is 9.61. The lowest BCUT2D eigenvalue weighted by molar-refractivity contribution is -0.148. The minimum atomic E-state index is -0.141. The Balaban J connectivity index is 2.07. The Labute approximate surface area is 120 Å². The lowest BCUT2D eigenvalue weighted by Crippen LogP contribution is -2.45. The molecule has 0 aromatic carbocycles. The molecule has 0 radical (unpaired) electrons. The fourth-order valence-electron chi connectivity index (χ4n) is 2.67. The van der Waals surface area contributed by atoms with E-state index >= 15 is 0 Å². The van der Waals surface area contributed by atoms with E-state index in [2.05, 4.69) is 28.8 Å². The van der Waals surface area contributed by atoms with Crippen molar-refractivity contribution in [2.75, 3.05) is 13.7 Å². The number of ether oxygens (including phenoxy) is 1. The van der Waals surface area contributed by atoms with Crippen molar-refractivity contribution < 1.29 is 9.53 Å². The van der Waals surface area contributed by atoms with Gasteiger partial charge in [-0.3, -0.25) is 9.69 Å². The second-order valence-corrected chi connectivity index (χ2v) is 5.76. The Hall–Kier alpha value is -1.43. The molecular weight excluding hydrogens is 256 g/mol. The number of hydrogen-bond acceptors (Lipinski definition) is 5. The van der Waals surface area contributed by atoms with Crippen molar-refractivity contribution in [2.24, 2.45) is 5.92 Å². The van der Waals surface area contributed by atoms with Gasteiger partial charge in [0, 0.05) is 6.54 Å². The van der Waals surface area contributed by atoms with E-state index in [0.29, 0.717) is 12.5 Å². The van der Waals surface area contributed by atoms with Crippen LogP contribution in [0.25, 0.3) is 0 Å². The minimum Gasteiger partial charge on any atom is -0.468 e. The van der Waals surface area contributed by atoms with Gasteiger partial charge in [-0.2, -0.15) is 5.10 Å². The molecule has 1 aromatic rings. The number of nitrogens with zero attached hydrogens (tertiary/aromatic N) is 4. The maximum atomic E-state index is 11.9. The summed E-state index contributed by atoms with van der Waals surface area (Å²) >= 11 is 0. The van der Waals surface area contributed by atoms with Crippen LogP contribution in [0.1, 0.15) is 38.9 Å². The van der Waals surface area contributed by atoms with Gasteiger partial charge in [-0.15, -0.1) is 0 Å². The predicted octanol–water partition coefficient (Wildman–Crippen LogP) is 1.46. The maximum Gasteiger partial charge on any atom is 0.323 e. The van der Waals surface area contributed by atoms with Gasteiger partial charge in [0.05, 0.1) is 13.7 Å². The quantitative estimate of drug-likeness (QED) is 0.764. The van der Waals surface area contributed by atoms with E-state index in [9.17, 15) is 4.79 Å². The van der Waals surface area contributed by atoms with Crippen LogP contribution < -0.4 is 0 Å². The molecular formula is C14H24N4O2. The zero-order valence-corrected chi connectivity index (χ0v) is 12.6. The number of methoxy groups -OCH3 is 1. The lowest BCUT2D eigenvalue weighted by Gasteiger charge is -2.33. The van der Waals surface area contributed by atoms with Crippen LogP contribution in [-0.4, -0.2) is 45.3 Å². The lowest BCUT2D eigenvalue weighted by atomic mass is 10.0. The van der Waals surface area contributed by atoms with Crippen LogP contribution in [0.5, 0.6) is 0 Å². The number of esters is 1. The normalized spacial score (nSPS) is 20.3. The van der Waals surface area contributed by atoms with Crippen molar-refractivity contribution in [1.82, 2.24) is 19.7 Å². The second kappa shape index (κ2) is 6.83. The first-order valence-electron chi connectivity index (χ1n) is 7.30. The van der Waals surface area contributed by atoms with E-state index in [4.69, 9.17) is 4.74 Å². The Morgan fingerprint density at radius 2 is 2.30 bits per heavy atom. The first-order valence-corrected chi connectivity index (χ1v) is 7.30. The zero-order chi connectivity index (χ0) is 14.5.